The quantitative estimate of drug-likeness (QED) is 0.864. The van der Waals surface area contributed by atoms with Crippen molar-refractivity contribution in [3.05, 3.63) is 40.1 Å². The fraction of sp³-hybridized carbons (Fsp3) is 0.0909. The van der Waals surface area contributed by atoms with Gasteiger partial charge in [0.1, 0.15) is 10.7 Å². The van der Waals surface area contributed by atoms with Crippen LogP contribution in [0.3, 0.4) is 0 Å². The van der Waals surface area contributed by atoms with Gasteiger partial charge in [-0.25, -0.2) is 13.2 Å². The third-order valence-electron chi connectivity index (χ3n) is 2.33. The second-order valence-electron chi connectivity index (χ2n) is 3.88. The Morgan fingerprint density at radius 2 is 2.10 bits per heavy atom. The highest BCUT2D eigenvalue weighted by molar-refractivity contribution is 9.10. The standard InChI is InChI=1S/C11H9BrN2O5S/c1-6-4-10(13-19-6)14-20(17,18)9-5-7(11(15)16)2-3-8(9)12/h2-5H,1H3,(H,13,14)(H,15,16). The summed E-state index contributed by atoms with van der Waals surface area (Å²) in [5.41, 5.74) is -0.134. The van der Waals surface area contributed by atoms with Crippen molar-refractivity contribution in [2.75, 3.05) is 4.72 Å². The summed E-state index contributed by atoms with van der Waals surface area (Å²) in [7, 11) is -3.97. The van der Waals surface area contributed by atoms with Crippen LogP contribution in [0.2, 0.25) is 0 Å². The molecule has 0 fully saturated rings. The molecule has 2 rings (SSSR count). The molecule has 0 saturated carbocycles. The average Bonchev–Trinajstić information content (AvgIpc) is 2.73. The minimum Gasteiger partial charge on any atom is -0.478 e. The molecule has 7 nitrogen and oxygen atoms in total. The number of nitrogens with one attached hydrogen (secondary N) is 1. The van der Waals surface area contributed by atoms with E-state index in [0.29, 0.717) is 5.76 Å². The van der Waals surface area contributed by atoms with Crippen molar-refractivity contribution in [3.8, 4) is 0 Å². The van der Waals surface area contributed by atoms with Gasteiger partial charge in [-0.2, -0.15) is 0 Å². The van der Waals surface area contributed by atoms with Gasteiger partial charge in [-0.3, -0.25) is 4.72 Å². The van der Waals surface area contributed by atoms with Crippen molar-refractivity contribution < 1.29 is 22.8 Å². The highest BCUT2D eigenvalue weighted by atomic mass is 79.9. The molecule has 0 atom stereocenters. The lowest BCUT2D eigenvalue weighted by Gasteiger charge is -2.07. The summed E-state index contributed by atoms with van der Waals surface area (Å²) < 4.78 is 31.6. The summed E-state index contributed by atoms with van der Waals surface area (Å²) in [6.45, 7) is 1.62. The van der Waals surface area contributed by atoms with E-state index in [2.05, 4.69) is 25.8 Å². The molecule has 106 valence electrons. The number of carboxylic acid groups (broad SMARTS) is 1. The molecule has 0 radical (unpaired) electrons. The molecule has 0 spiro atoms. The van der Waals surface area contributed by atoms with Crippen molar-refractivity contribution in [1.82, 2.24) is 5.16 Å². The number of benzene rings is 1. The molecule has 2 aromatic rings. The Labute approximate surface area is 122 Å². The Bertz CT molecular complexity index is 769. The van der Waals surface area contributed by atoms with Gasteiger partial charge in [-0.05, 0) is 41.1 Å². The van der Waals surface area contributed by atoms with Crippen LogP contribution in [0.25, 0.3) is 0 Å². The van der Waals surface area contributed by atoms with Gasteiger partial charge in [0.15, 0.2) is 5.82 Å². The Morgan fingerprint density at radius 1 is 1.40 bits per heavy atom. The van der Waals surface area contributed by atoms with Crippen LogP contribution in [-0.2, 0) is 10.0 Å². The molecule has 1 aromatic carbocycles. The van der Waals surface area contributed by atoms with E-state index in [1.807, 2.05) is 0 Å². The summed E-state index contributed by atoms with van der Waals surface area (Å²) in [6.07, 6.45) is 0. The van der Waals surface area contributed by atoms with E-state index in [4.69, 9.17) is 9.63 Å². The van der Waals surface area contributed by atoms with Gasteiger partial charge in [-0.15, -0.1) is 0 Å². The monoisotopic (exact) mass is 360 g/mol. The first kappa shape index (κ1) is 14.5. The van der Waals surface area contributed by atoms with Crippen LogP contribution in [-0.4, -0.2) is 24.7 Å². The van der Waals surface area contributed by atoms with Gasteiger partial charge in [0.2, 0.25) is 0 Å². The Balaban J connectivity index is 2.43. The molecular weight excluding hydrogens is 352 g/mol. The SMILES string of the molecule is Cc1cc(NS(=O)(=O)c2cc(C(=O)O)ccc2Br)no1. The fourth-order valence-electron chi connectivity index (χ4n) is 1.45. The zero-order valence-electron chi connectivity index (χ0n) is 10.1. The van der Waals surface area contributed by atoms with Crippen molar-refractivity contribution in [3.63, 3.8) is 0 Å². The van der Waals surface area contributed by atoms with E-state index >= 15 is 0 Å². The minimum absolute atomic E-state index is 0.0233. The van der Waals surface area contributed by atoms with Crippen LogP contribution < -0.4 is 4.72 Å². The van der Waals surface area contributed by atoms with Crippen molar-refractivity contribution >= 4 is 37.7 Å². The van der Waals surface area contributed by atoms with Gasteiger partial charge < -0.3 is 9.63 Å². The highest BCUT2D eigenvalue weighted by Crippen LogP contribution is 2.25. The summed E-state index contributed by atoms with van der Waals surface area (Å²) >= 11 is 3.08. The molecule has 1 heterocycles. The Morgan fingerprint density at radius 3 is 2.65 bits per heavy atom. The van der Waals surface area contributed by atoms with E-state index in [9.17, 15) is 13.2 Å². The molecule has 9 heteroatoms. The molecule has 20 heavy (non-hydrogen) atoms. The third-order valence-corrected chi connectivity index (χ3v) is 4.68. The number of anilines is 1. The van der Waals surface area contributed by atoms with E-state index in [1.165, 1.54) is 18.2 Å². The van der Waals surface area contributed by atoms with Crippen molar-refractivity contribution in [2.24, 2.45) is 0 Å². The van der Waals surface area contributed by atoms with Crippen LogP contribution in [0.5, 0.6) is 0 Å². The lowest BCUT2D eigenvalue weighted by Crippen LogP contribution is -2.14. The predicted octanol–water partition coefficient (Wildman–Crippen LogP) is 2.24. The number of carboxylic acids is 1. The van der Waals surface area contributed by atoms with Crippen molar-refractivity contribution in [1.29, 1.82) is 0 Å². The number of aromatic nitrogens is 1. The van der Waals surface area contributed by atoms with E-state index < -0.39 is 16.0 Å². The molecule has 0 aliphatic heterocycles. The maximum Gasteiger partial charge on any atom is 0.335 e. The third kappa shape index (κ3) is 2.99. The molecule has 0 saturated heterocycles. The fourth-order valence-corrected chi connectivity index (χ4v) is 3.42. The van der Waals surface area contributed by atoms with Crippen LogP contribution >= 0.6 is 15.9 Å². The number of hydrogen-bond acceptors (Lipinski definition) is 5. The number of carbonyl (C=O) groups is 1. The molecular formula is C11H9BrN2O5S. The van der Waals surface area contributed by atoms with Gasteiger partial charge in [0.05, 0.1) is 5.56 Å². The lowest BCUT2D eigenvalue weighted by atomic mass is 10.2. The van der Waals surface area contributed by atoms with Crippen LogP contribution in [0, 0.1) is 6.92 Å². The number of nitrogens with zero attached hydrogens (tertiary/aromatic N) is 1. The number of aryl methyl sites for hydroxylation is 1. The van der Waals surface area contributed by atoms with Crippen LogP contribution in [0.15, 0.2) is 38.2 Å². The summed E-state index contributed by atoms with van der Waals surface area (Å²) in [6, 6.07) is 5.12. The highest BCUT2D eigenvalue weighted by Gasteiger charge is 2.21. The molecule has 2 N–H and O–H groups in total. The number of sulfonamides is 1. The van der Waals surface area contributed by atoms with Gasteiger partial charge in [0.25, 0.3) is 10.0 Å². The van der Waals surface area contributed by atoms with E-state index in [1.54, 1.807) is 6.92 Å². The smallest absolute Gasteiger partial charge is 0.335 e. The van der Waals surface area contributed by atoms with Crippen molar-refractivity contribution in [2.45, 2.75) is 11.8 Å². The first-order valence-corrected chi connectivity index (χ1v) is 7.56. The molecule has 1 aromatic heterocycles. The summed E-state index contributed by atoms with van der Waals surface area (Å²) in [4.78, 5) is 10.7. The molecule has 0 aliphatic rings. The second-order valence-corrected chi connectivity index (χ2v) is 6.38. The predicted molar refractivity (Wildman–Crippen MR) is 73.1 cm³/mol. The maximum absolute atomic E-state index is 12.2. The summed E-state index contributed by atoms with van der Waals surface area (Å²) in [5.74, 6) is -0.748. The Kier molecular flexibility index (Phi) is 3.82. The number of aromatic carboxylic acids is 1. The Hall–Kier alpha value is -1.87. The van der Waals surface area contributed by atoms with E-state index in [0.717, 1.165) is 6.07 Å². The largest absolute Gasteiger partial charge is 0.478 e. The van der Waals surface area contributed by atoms with Crippen LogP contribution in [0.4, 0.5) is 5.82 Å². The maximum atomic E-state index is 12.2. The lowest BCUT2D eigenvalue weighted by molar-refractivity contribution is 0.0696. The number of rotatable bonds is 4. The zero-order valence-corrected chi connectivity index (χ0v) is 12.5. The first-order valence-electron chi connectivity index (χ1n) is 5.28. The molecule has 0 amide bonds. The summed E-state index contributed by atoms with van der Waals surface area (Å²) in [5, 5.41) is 12.4. The zero-order chi connectivity index (χ0) is 14.9. The minimum atomic E-state index is -3.97. The van der Waals surface area contributed by atoms with Crippen LogP contribution in [0.1, 0.15) is 16.1 Å². The normalized spacial score (nSPS) is 11.3. The molecule has 0 aliphatic carbocycles. The number of halogens is 1. The van der Waals surface area contributed by atoms with E-state index in [-0.39, 0.29) is 20.7 Å². The van der Waals surface area contributed by atoms with Gasteiger partial charge in [-0.1, -0.05) is 5.16 Å². The van der Waals surface area contributed by atoms with Gasteiger partial charge in [0, 0.05) is 10.5 Å². The topological polar surface area (TPSA) is 110 Å². The first-order chi connectivity index (χ1) is 9.29. The molecule has 0 bridgehead atoms. The second kappa shape index (κ2) is 5.25. The average molecular weight is 361 g/mol. The molecule has 0 unspecified atom stereocenters. The number of hydrogen-bond donors (Lipinski definition) is 2. The van der Waals surface area contributed by atoms with Gasteiger partial charge >= 0.3 is 5.97 Å².